The molecular formula is C25H25N7O3. The number of nitro groups is 1. The molecule has 2 aromatic carbocycles. The van der Waals surface area contributed by atoms with E-state index in [4.69, 9.17) is 4.98 Å². The summed E-state index contributed by atoms with van der Waals surface area (Å²) >= 11 is 0. The second-order valence-electron chi connectivity index (χ2n) is 9.34. The van der Waals surface area contributed by atoms with E-state index < -0.39 is 4.92 Å². The number of carbonyl (C=O) groups is 1. The van der Waals surface area contributed by atoms with Gasteiger partial charge in [0.25, 0.3) is 5.69 Å². The first kappa shape index (κ1) is 21.5. The van der Waals surface area contributed by atoms with Gasteiger partial charge in [-0.25, -0.2) is 9.38 Å². The number of hydrogen-bond donors (Lipinski definition) is 0. The highest BCUT2D eigenvalue weighted by Crippen LogP contribution is 2.34. The number of nitrogens with zero attached hydrogens (tertiary/aromatic N) is 7. The highest BCUT2D eigenvalue weighted by Gasteiger charge is 2.35. The van der Waals surface area contributed by atoms with Crippen molar-refractivity contribution in [3.63, 3.8) is 0 Å². The molecule has 10 heteroatoms. The zero-order valence-electron chi connectivity index (χ0n) is 19.4. The Kier molecular flexibility index (Phi) is 5.09. The molecular weight excluding hydrogens is 446 g/mol. The molecule has 0 radical (unpaired) electrons. The Hall–Kier alpha value is -4.08. The van der Waals surface area contributed by atoms with Gasteiger partial charge in [0.15, 0.2) is 11.5 Å². The van der Waals surface area contributed by atoms with E-state index in [9.17, 15) is 14.9 Å². The van der Waals surface area contributed by atoms with Gasteiger partial charge < -0.3 is 9.80 Å². The van der Waals surface area contributed by atoms with Gasteiger partial charge in [0.2, 0.25) is 11.9 Å². The molecule has 1 unspecified atom stereocenters. The van der Waals surface area contributed by atoms with Crippen molar-refractivity contribution < 1.29 is 9.72 Å². The SMILES string of the molecule is CC1CN(c2nc3ccccc3c3nnc(-c4ccccc4[N+](=O)[O-])n23)CCN1C(=O)C1CCC1. The van der Waals surface area contributed by atoms with Crippen LogP contribution in [0.1, 0.15) is 26.2 Å². The van der Waals surface area contributed by atoms with Crippen molar-refractivity contribution in [2.75, 3.05) is 24.5 Å². The summed E-state index contributed by atoms with van der Waals surface area (Å²) in [5.41, 5.74) is 1.72. The van der Waals surface area contributed by atoms with Crippen molar-refractivity contribution in [2.45, 2.75) is 32.2 Å². The van der Waals surface area contributed by atoms with Crippen LogP contribution in [0.25, 0.3) is 27.9 Å². The number of aromatic nitrogens is 4. The lowest BCUT2D eigenvalue weighted by atomic mass is 9.84. The highest BCUT2D eigenvalue weighted by molar-refractivity contribution is 5.93. The number of fused-ring (bicyclic) bond motifs is 3. The van der Waals surface area contributed by atoms with Gasteiger partial charge in [-0.2, -0.15) is 0 Å². The van der Waals surface area contributed by atoms with Crippen molar-refractivity contribution in [1.29, 1.82) is 0 Å². The van der Waals surface area contributed by atoms with E-state index in [-0.39, 0.29) is 23.6 Å². The molecule has 1 saturated carbocycles. The second kappa shape index (κ2) is 8.30. The van der Waals surface area contributed by atoms with Crippen LogP contribution in [0.5, 0.6) is 0 Å². The van der Waals surface area contributed by atoms with Crippen LogP contribution in [0.2, 0.25) is 0 Å². The molecule has 3 heterocycles. The third-order valence-corrected chi connectivity index (χ3v) is 7.22. The molecule has 2 aliphatic rings. The number of nitro benzene ring substituents is 1. The fraction of sp³-hybridized carbons (Fsp3) is 0.360. The predicted octanol–water partition coefficient (Wildman–Crippen LogP) is 3.69. The smallest absolute Gasteiger partial charge is 0.280 e. The van der Waals surface area contributed by atoms with Crippen LogP contribution in [0.15, 0.2) is 48.5 Å². The first-order valence-corrected chi connectivity index (χ1v) is 12.0. The maximum absolute atomic E-state index is 12.9. The van der Waals surface area contributed by atoms with E-state index in [0.29, 0.717) is 42.6 Å². The van der Waals surface area contributed by atoms with Crippen LogP contribution in [-0.4, -0.2) is 61.0 Å². The van der Waals surface area contributed by atoms with Crippen molar-refractivity contribution >= 4 is 34.1 Å². The largest absolute Gasteiger partial charge is 0.338 e. The normalized spacial score (nSPS) is 18.7. The van der Waals surface area contributed by atoms with E-state index in [1.165, 1.54) is 6.07 Å². The topological polar surface area (TPSA) is 110 Å². The van der Waals surface area contributed by atoms with Crippen LogP contribution in [0.4, 0.5) is 11.6 Å². The Morgan fingerprint density at radius 1 is 1.06 bits per heavy atom. The Morgan fingerprint density at radius 2 is 1.83 bits per heavy atom. The third kappa shape index (κ3) is 3.48. The summed E-state index contributed by atoms with van der Waals surface area (Å²) in [6.45, 7) is 3.89. The zero-order valence-corrected chi connectivity index (χ0v) is 19.4. The average Bonchev–Trinajstić information content (AvgIpc) is 3.27. The van der Waals surface area contributed by atoms with Gasteiger partial charge in [-0.3, -0.25) is 14.9 Å². The quantitative estimate of drug-likeness (QED) is 0.330. The molecule has 1 amide bonds. The number of anilines is 1. The summed E-state index contributed by atoms with van der Waals surface area (Å²) in [4.78, 5) is 33.4. The molecule has 4 aromatic rings. The fourth-order valence-corrected chi connectivity index (χ4v) is 5.13. The van der Waals surface area contributed by atoms with Crippen LogP contribution >= 0.6 is 0 Å². The molecule has 2 fully saturated rings. The van der Waals surface area contributed by atoms with Crippen LogP contribution in [-0.2, 0) is 4.79 Å². The molecule has 6 rings (SSSR count). The van der Waals surface area contributed by atoms with Gasteiger partial charge in [0.05, 0.1) is 16.0 Å². The lowest BCUT2D eigenvalue weighted by Crippen LogP contribution is -2.56. The summed E-state index contributed by atoms with van der Waals surface area (Å²) < 4.78 is 1.82. The number of benzene rings is 2. The Labute approximate surface area is 201 Å². The minimum absolute atomic E-state index is 0.0196. The monoisotopic (exact) mass is 471 g/mol. The molecule has 2 aromatic heterocycles. The standard InChI is InChI=1S/C25H25N7O3/c1-16-15-29(13-14-30(16)24(33)17-7-6-8-17)25-26-20-11-4-2-9-18(20)22-27-28-23(31(22)25)19-10-3-5-12-21(19)32(34)35/h2-5,9-12,16-17H,6-8,13-15H2,1H3. The second-order valence-corrected chi connectivity index (χ2v) is 9.34. The van der Waals surface area contributed by atoms with Gasteiger partial charge in [0, 0.05) is 43.0 Å². The van der Waals surface area contributed by atoms with Gasteiger partial charge >= 0.3 is 0 Å². The van der Waals surface area contributed by atoms with E-state index in [1.807, 2.05) is 33.6 Å². The lowest BCUT2D eigenvalue weighted by molar-refractivity contribution is -0.384. The lowest BCUT2D eigenvalue weighted by Gasteiger charge is -2.43. The molecule has 0 bridgehead atoms. The van der Waals surface area contributed by atoms with Gasteiger partial charge in [-0.05, 0) is 38.0 Å². The van der Waals surface area contributed by atoms with Crippen molar-refractivity contribution in [3.8, 4) is 11.4 Å². The summed E-state index contributed by atoms with van der Waals surface area (Å²) in [5.74, 6) is 1.42. The molecule has 1 aliphatic heterocycles. The predicted molar refractivity (Wildman–Crippen MR) is 131 cm³/mol. The Balaban J connectivity index is 1.47. The maximum Gasteiger partial charge on any atom is 0.280 e. The van der Waals surface area contributed by atoms with E-state index >= 15 is 0 Å². The Morgan fingerprint density at radius 3 is 2.57 bits per heavy atom. The average molecular weight is 472 g/mol. The number of amides is 1. The first-order valence-electron chi connectivity index (χ1n) is 12.0. The van der Waals surface area contributed by atoms with Gasteiger partial charge in [-0.1, -0.05) is 30.7 Å². The van der Waals surface area contributed by atoms with Crippen molar-refractivity contribution in [1.82, 2.24) is 24.5 Å². The number of piperazine rings is 1. The molecule has 0 spiro atoms. The summed E-state index contributed by atoms with van der Waals surface area (Å²) in [6, 6.07) is 14.3. The van der Waals surface area contributed by atoms with E-state index in [1.54, 1.807) is 18.2 Å². The van der Waals surface area contributed by atoms with E-state index in [0.717, 1.165) is 30.2 Å². The molecule has 1 atom stereocenters. The molecule has 0 N–H and O–H groups in total. The number of hydrogen-bond acceptors (Lipinski definition) is 7. The molecule has 1 aliphatic carbocycles. The fourth-order valence-electron chi connectivity index (χ4n) is 5.13. The maximum atomic E-state index is 12.9. The van der Waals surface area contributed by atoms with Crippen molar-refractivity contribution in [3.05, 3.63) is 58.6 Å². The van der Waals surface area contributed by atoms with Gasteiger partial charge in [-0.15, -0.1) is 10.2 Å². The summed E-state index contributed by atoms with van der Waals surface area (Å²) in [5, 5.41) is 21.4. The molecule has 10 nitrogen and oxygen atoms in total. The van der Waals surface area contributed by atoms with E-state index in [2.05, 4.69) is 22.0 Å². The number of para-hydroxylation sites is 2. The minimum atomic E-state index is -0.405. The van der Waals surface area contributed by atoms with Crippen LogP contribution in [0, 0.1) is 16.0 Å². The molecule has 178 valence electrons. The molecule has 35 heavy (non-hydrogen) atoms. The van der Waals surface area contributed by atoms with Crippen LogP contribution < -0.4 is 4.90 Å². The molecule has 1 saturated heterocycles. The van der Waals surface area contributed by atoms with Crippen molar-refractivity contribution in [2.24, 2.45) is 5.92 Å². The third-order valence-electron chi connectivity index (χ3n) is 7.22. The number of carbonyl (C=O) groups excluding carboxylic acids is 1. The summed E-state index contributed by atoms with van der Waals surface area (Å²) in [6.07, 6.45) is 3.10. The zero-order chi connectivity index (χ0) is 24.1. The first-order chi connectivity index (χ1) is 17.0. The van der Waals surface area contributed by atoms with Crippen LogP contribution in [0.3, 0.4) is 0 Å². The highest BCUT2D eigenvalue weighted by atomic mass is 16.6. The number of rotatable bonds is 4. The van der Waals surface area contributed by atoms with Gasteiger partial charge in [0.1, 0.15) is 0 Å². The minimum Gasteiger partial charge on any atom is -0.338 e. The summed E-state index contributed by atoms with van der Waals surface area (Å²) in [7, 11) is 0. The Bertz CT molecular complexity index is 1460.